The second-order valence-corrected chi connectivity index (χ2v) is 8.30. The highest BCUT2D eigenvalue weighted by atomic mass is 19.4. The molecule has 0 saturated heterocycles. The lowest BCUT2D eigenvalue weighted by atomic mass is 10.1. The number of halogens is 3. The van der Waals surface area contributed by atoms with Crippen LogP contribution in [0.1, 0.15) is 31.9 Å². The van der Waals surface area contributed by atoms with Gasteiger partial charge < -0.3 is 20.5 Å². The average Bonchev–Trinajstić information content (AvgIpc) is 2.77. The van der Waals surface area contributed by atoms with Gasteiger partial charge in [-0.2, -0.15) is 4.98 Å². The van der Waals surface area contributed by atoms with Crippen LogP contribution in [0.4, 0.5) is 30.6 Å². The van der Waals surface area contributed by atoms with E-state index in [1.165, 1.54) is 18.2 Å². The molecular formula is C25H29F3N4O2. The number of alkyl halides is 3. The number of hydrogen-bond acceptors (Lipinski definition) is 6. The predicted molar refractivity (Wildman–Crippen MR) is 127 cm³/mol. The van der Waals surface area contributed by atoms with Crippen molar-refractivity contribution < 1.29 is 23.0 Å². The number of anilines is 3. The molecule has 0 aliphatic carbocycles. The van der Waals surface area contributed by atoms with Gasteiger partial charge in [-0.3, -0.25) is 0 Å². The van der Waals surface area contributed by atoms with Gasteiger partial charge in [0.1, 0.15) is 11.6 Å². The van der Waals surface area contributed by atoms with Crippen LogP contribution in [-0.4, -0.2) is 34.1 Å². The first-order chi connectivity index (χ1) is 16.1. The molecule has 3 rings (SSSR count). The molecule has 6 nitrogen and oxygen atoms in total. The Bertz CT molecular complexity index is 1120. The predicted octanol–water partition coefficient (Wildman–Crippen LogP) is 6.09. The van der Waals surface area contributed by atoms with Gasteiger partial charge in [-0.05, 0) is 42.5 Å². The maximum atomic E-state index is 12.7. The number of rotatable bonds is 9. The Morgan fingerprint density at radius 1 is 1.06 bits per heavy atom. The van der Waals surface area contributed by atoms with E-state index in [4.69, 9.17) is 0 Å². The van der Waals surface area contributed by atoms with Crippen LogP contribution in [0.2, 0.25) is 0 Å². The molecule has 0 fully saturated rings. The van der Waals surface area contributed by atoms with Crippen LogP contribution in [0.5, 0.6) is 5.75 Å². The normalized spacial score (nSPS) is 12.5. The van der Waals surface area contributed by atoms with Crippen molar-refractivity contribution in [2.24, 2.45) is 5.92 Å². The summed E-state index contributed by atoms with van der Waals surface area (Å²) in [5, 5.41) is 16.2. The van der Waals surface area contributed by atoms with Gasteiger partial charge in [-0.15, -0.1) is 13.2 Å². The Morgan fingerprint density at radius 2 is 1.79 bits per heavy atom. The van der Waals surface area contributed by atoms with Crippen molar-refractivity contribution in [1.29, 1.82) is 0 Å². The van der Waals surface area contributed by atoms with Crippen molar-refractivity contribution in [2.75, 3.05) is 17.2 Å². The standard InChI is InChI=1S/C25H29F3N4O2/c1-5-17-9-6-8-16(4)23(17)31-22-13-20(29-24(32-22)30-21(14-33)15(2)3)18-10-7-11-19(12-18)34-25(26,27)28/h6-13,15,21,33H,5,14H2,1-4H3,(H2,29,30,31,32)/t21-/m1/s1. The van der Waals surface area contributed by atoms with Crippen LogP contribution < -0.4 is 15.4 Å². The van der Waals surface area contributed by atoms with Crippen molar-refractivity contribution in [2.45, 2.75) is 46.5 Å². The fourth-order valence-electron chi connectivity index (χ4n) is 3.50. The van der Waals surface area contributed by atoms with Crippen molar-refractivity contribution in [3.8, 4) is 17.0 Å². The molecule has 1 heterocycles. The third-order valence-corrected chi connectivity index (χ3v) is 5.40. The van der Waals surface area contributed by atoms with E-state index >= 15 is 0 Å². The van der Waals surface area contributed by atoms with E-state index in [1.807, 2.05) is 39.0 Å². The van der Waals surface area contributed by atoms with Gasteiger partial charge in [-0.25, -0.2) is 4.98 Å². The number of aryl methyl sites for hydroxylation is 2. The summed E-state index contributed by atoms with van der Waals surface area (Å²) < 4.78 is 42.2. The van der Waals surface area contributed by atoms with Crippen molar-refractivity contribution in [1.82, 2.24) is 9.97 Å². The first-order valence-corrected chi connectivity index (χ1v) is 11.1. The molecule has 2 aromatic carbocycles. The molecule has 0 radical (unpaired) electrons. The number of nitrogens with zero attached hydrogens (tertiary/aromatic N) is 2. The molecule has 0 aliphatic rings. The molecule has 3 aromatic rings. The topological polar surface area (TPSA) is 79.3 Å². The lowest BCUT2D eigenvalue weighted by Gasteiger charge is -2.21. The van der Waals surface area contributed by atoms with Crippen molar-refractivity contribution >= 4 is 17.5 Å². The van der Waals surface area contributed by atoms with Gasteiger partial charge in [0.2, 0.25) is 5.95 Å². The Labute approximate surface area is 197 Å². The summed E-state index contributed by atoms with van der Waals surface area (Å²) in [6, 6.07) is 13.0. The molecule has 0 unspecified atom stereocenters. The van der Waals surface area contributed by atoms with Crippen LogP contribution in [0.15, 0.2) is 48.5 Å². The van der Waals surface area contributed by atoms with E-state index in [2.05, 4.69) is 32.3 Å². The second-order valence-electron chi connectivity index (χ2n) is 8.30. The van der Waals surface area contributed by atoms with Gasteiger partial charge in [0.05, 0.1) is 18.3 Å². The molecule has 182 valence electrons. The largest absolute Gasteiger partial charge is 0.573 e. The zero-order valence-corrected chi connectivity index (χ0v) is 19.6. The van der Waals surface area contributed by atoms with E-state index in [9.17, 15) is 18.3 Å². The summed E-state index contributed by atoms with van der Waals surface area (Å²) in [5.41, 5.74) is 3.88. The minimum Gasteiger partial charge on any atom is -0.406 e. The van der Waals surface area contributed by atoms with Crippen molar-refractivity contribution in [3.63, 3.8) is 0 Å². The summed E-state index contributed by atoms with van der Waals surface area (Å²) in [7, 11) is 0. The number of ether oxygens (including phenoxy) is 1. The van der Waals surface area contributed by atoms with E-state index < -0.39 is 6.36 Å². The molecule has 0 aliphatic heterocycles. The molecule has 0 amide bonds. The highest BCUT2D eigenvalue weighted by molar-refractivity contribution is 5.71. The smallest absolute Gasteiger partial charge is 0.406 e. The summed E-state index contributed by atoms with van der Waals surface area (Å²) in [6.07, 6.45) is -3.99. The number of para-hydroxylation sites is 1. The molecule has 1 atom stereocenters. The zero-order chi connectivity index (χ0) is 24.9. The summed E-state index contributed by atoms with van der Waals surface area (Å²) in [6.45, 7) is 7.83. The van der Waals surface area contributed by atoms with Crippen LogP contribution in [0.25, 0.3) is 11.3 Å². The minimum absolute atomic E-state index is 0.0974. The molecular weight excluding hydrogens is 445 g/mol. The molecule has 3 N–H and O–H groups in total. The van der Waals surface area contributed by atoms with Crippen LogP contribution in [-0.2, 0) is 6.42 Å². The highest BCUT2D eigenvalue weighted by Gasteiger charge is 2.31. The van der Waals surface area contributed by atoms with E-state index in [0.29, 0.717) is 17.1 Å². The summed E-state index contributed by atoms with van der Waals surface area (Å²) in [4.78, 5) is 9.07. The lowest BCUT2D eigenvalue weighted by Crippen LogP contribution is -2.30. The van der Waals surface area contributed by atoms with Gasteiger partial charge in [-0.1, -0.05) is 51.1 Å². The van der Waals surface area contributed by atoms with Gasteiger partial charge in [0, 0.05) is 17.3 Å². The van der Waals surface area contributed by atoms with Crippen LogP contribution in [0, 0.1) is 12.8 Å². The Kier molecular flexibility index (Phi) is 7.98. The number of benzene rings is 2. The molecule has 0 saturated carbocycles. The van der Waals surface area contributed by atoms with Crippen LogP contribution in [0.3, 0.4) is 0 Å². The summed E-state index contributed by atoms with van der Waals surface area (Å²) in [5.74, 6) is 0.482. The summed E-state index contributed by atoms with van der Waals surface area (Å²) >= 11 is 0. The second kappa shape index (κ2) is 10.7. The molecule has 9 heteroatoms. The van der Waals surface area contributed by atoms with Crippen molar-refractivity contribution in [3.05, 3.63) is 59.7 Å². The number of aromatic nitrogens is 2. The Balaban J connectivity index is 2.06. The van der Waals surface area contributed by atoms with Gasteiger partial charge in [0.25, 0.3) is 0 Å². The lowest BCUT2D eigenvalue weighted by molar-refractivity contribution is -0.274. The molecule has 1 aromatic heterocycles. The van der Waals surface area contributed by atoms with E-state index in [-0.39, 0.29) is 30.3 Å². The monoisotopic (exact) mass is 474 g/mol. The molecule has 34 heavy (non-hydrogen) atoms. The Morgan fingerprint density at radius 3 is 2.44 bits per heavy atom. The third-order valence-electron chi connectivity index (χ3n) is 5.40. The van der Waals surface area contributed by atoms with Crippen LogP contribution >= 0.6 is 0 Å². The van der Waals surface area contributed by atoms with E-state index in [1.54, 1.807) is 12.1 Å². The maximum Gasteiger partial charge on any atom is 0.573 e. The third kappa shape index (κ3) is 6.60. The first kappa shape index (κ1) is 25.3. The molecule has 0 spiro atoms. The van der Waals surface area contributed by atoms with E-state index in [0.717, 1.165) is 23.2 Å². The fraction of sp³-hybridized carbons (Fsp3) is 0.360. The number of hydrogen-bond donors (Lipinski definition) is 3. The Hall–Kier alpha value is -3.33. The number of aliphatic hydroxyl groups excluding tert-OH is 1. The fourth-order valence-corrected chi connectivity index (χ4v) is 3.50. The number of nitrogens with one attached hydrogen (secondary N) is 2. The molecule has 0 bridgehead atoms. The number of aliphatic hydroxyl groups is 1. The zero-order valence-electron chi connectivity index (χ0n) is 19.6. The average molecular weight is 475 g/mol. The highest BCUT2D eigenvalue weighted by Crippen LogP contribution is 2.31. The van der Waals surface area contributed by atoms with Gasteiger partial charge >= 0.3 is 6.36 Å². The SMILES string of the molecule is CCc1cccc(C)c1Nc1cc(-c2cccc(OC(F)(F)F)c2)nc(N[C@H](CO)C(C)C)n1. The first-order valence-electron chi connectivity index (χ1n) is 11.1. The minimum atomic E-state index is -4.79. The maximum absolute atomic E-state index is 12.7. The van der Waals surface area contributed by atoms with Gasteiger partial charge in [0.15, 0.2) is 0 Å². The quantitative estimate of drug-likeness (QED) is 0.349.